The predicted molar refractivity (Wildman–Crippen MR) is 195 cm³/mol. The maximum atomic E-state index is 5.12. The summed E-state index contributed by atoms with van der Waals surface area (Å²) in [7, 11) is 0. The first-order valence-corrected chi connectivity index (χ1v) is 16.5. The molecule has 0 spiro atoms. The molecule has 1 unspecified atom stereocenters. The van der Waals surface area contributed by atoms with Gasteiger partial charge in [0.2, 0.25) is 0 Å². The number of fused-ring (bicyclic) bond motifs is 6. The van der Waals surface area contributed by atoms with E-state index in [4.69, 9.17) is 24.9 Å². The molecule has 0 radical (unpaired) electrons. The van der Waals surface area contributed by atoms with E-state index in [0.29, 0.717) is 29.2 Å². The topological polar surface area (TPSA) is 64.5 Å². The van der Waals surface area contributed by atoms with E-state index in [-0.39, 0.29) is 0 Å². The Hall–Kier alpha value is -6.07. The number of hydrogen-bond donors (Lipinski definition) is 0. The van der Waals surface area contributed by atoms with Crippen LogP contribution in [-0.4, -0.2) is 24.9 Å². The smallest absolute Gasteiger partial charge is 0.164 e. The van der Waals surface area contributed by atoms with Gasteiger partial charge in [-0.3, -0.25) is 0 Å². The molecule has 1 aliphatic carbocycles. The minimum absolute atomic E-state index is 0.426. The van der Waals surface area contributed by atoms with Crippen LogP contribution in [0.3, 0.4) is 0 Å². The fourth-order valence-corrected chi connectivity index (χ4v) is 6.92. The summed E-state index contributed by atoms with van der Waals surface area (Å²) >= 11 is 0. The molecule has 8 aromatic rings. The average molecular weight is 618 g/mol. The molecule has 9 rings (SSSR count). The maximum Gasteiger partial charge on any atom is 0.164 e. The maximum absolute atomic E-state index is 5.12. The van der Waals surface area contributed by atoms with Crippen molar-refractivity contribution in [3.8, 4) is 45.6 Å². The summed E-state index contributed by atoms with van der Waals surface area (Å²) in [5.41, 5.74) is 6.04. The van der Waals surface area contributed by atoms with Crippen LogP contribution in [0, 0.1) is 0 Å². The van der Waals surface area contributed by atoms with Crippen LogP contribution in [0.15, 0.2) is 146 Å². The minimum Gasteiger partial charge on any atom is -0.236 e. The van der Waals surface area contributed by atoms with Crippen molar-refractivity contribution in [3.63, 3.8) is 0 Å². The van der Waals surface area contributed by atoms with Crippen LogP contribution >= 0.6 is 0 Å². The number of hydrogen-bond acceptors (Lipinski definition) is 5. The molecule has 5 nitrogen and oxygen atoms in total. The summed E-state index contributed by atoms with van der Waals surface area (Å²) in [6.07, 6.45) is 10.1. The van der Waals surface area contributed by atoms with E-state index in [1.807, 2.05) is 36.5 Å². The first kappa shape index (κ1) is 28.2. The van der Waals surface area contributed by atoms with Crippen molar-refractivity contribution in [2.24, 2.45) is 0 Å². The summed E-state index contributed by atoms with van der Waals surface area (Å²) in [6.45, 7) is 0. The zero-order valence-corrected chi connectivity index (χ0v) is 26.3. The van der Waals surface area contributed by atoms with Crippen molar-refractivity contribution in [2.75, 3.05) is 0 Å². The Labute approximate surface area is 278 Å². The third-order valence-corrected chi connectivity index (χ3v) is 9.37. The first-order chi connectivity index (χ1) is 23.8. The Balaban J connectivity index is 1.12. The van der Waals surface area contributed by atoms with Gasteiger partial charge in [-0.2, -0.15) is 0 Å². The fourth-order valence-electron chi connectivity index (χ4n) is 6.92. The van der Waals surface area contributed by atoms with Crippen LogP contribution in [0.4, 0.5) is 0 Å². The number of nitrogens with zero attached hydrogens (tertiary/aromatic N) is 5. The largest absolute Gasteiger partial charge is 0.236 e. The standard InChI is InChI=1S/C43H31N5/c1-3-12-28(13-4-1)32-16-11-17-33(26-32)43-47-41(29-14-5-2-6-15-29)46-42(48-43)31-24-22-30(23-25-31)40-44-27-38-36-20-8-7-18-34(36)35-19-9-10-21-37(35)39(38)45-40/h2-3,5-12,14-28H,1,4,13H2. The van der Waals surface area contributed by atoms with Crippen LogP contribution in [0.5, 0.6) is 0 Å². The van der Waals surface area contributed by atoms with Crippen LogP contribution in [-0.2, 0) is 0 Å². The highest BCUT2D eigenvalue weighted by Crippen LogP contribution is 2.35. The molecule has 0 saturated carbocycles. The van der Waals surface area contributed by atoms with E-state index in [1.165, 1.54) is 22.8 Å². The SMILES string of the molecule is C1=CC(c2cccc(-c3nc(-c4ccccc4)nc(-c4ccc(-c5ncc6c7ccccc7c7ccccc7c6n5)cc4)n3)c2)CCC1. The molecule has 0 fully saturated rings. The zero-order chi connectivity index (χ0) is 31.9. The molecule has 2 aromatic heterocycles. The van der Waals surface area contributed by atoms with E-state index < -0.39 is 0 Å². The van der Waals surface area contributed by atoms with Gasteiger partial charge < -0.3 is 0 Å². The van der Waals surface area contributed by atoms with Crippen LogP contribution < -0.4 is 0 Å². The Kier molecular flexibility index (Phi) is 7.01. The van der Waals surface area contributed by atoms with Crippen molar-refractivity contribution in [2.45, 2.75) is 25.2 Å². The molecule has 0 bridgehead atoms. The van der Waals surface area contributed by atoms with E-state index in [0.717, 1.165) is 56.8 Å². The molecule has 1 atom stereocenters. The third kappa shape index (κ3) is 5.10. The Morgan fingerprint density at radius 3 is 1.71 bits per heavy atom. The van der Waals surface area contributed by atoms with Crippen molar-refractivity contribution in [1.82, 2.24) is 24.9 Å². The third-order valence-electron chi connectivity index (χ3n) is 9.37. The summed E-state index contributed by atoms with van der Waals surface area (Å²) in [5, 5.41) is 5.75. The highest BCUT2D eigenvalue weighted by Gasteiger charge is 2.16. The van der Waals surface area contributed by atoms with Gasteiger partial charge in [-0.15, -0.1) is 0 Å². The van der Waals surface area contributed by atoms with Gasteiger partial charge >= 0.3 is 0 Å². The van der Waals surface area contributed by atoms with Gasteiger partial charge in [0.15, 0.2) is 23.3 Å². The van der Waals surface area contributed by atoms with Crippen LogP contribution in [0.2, 0.25) is 0 Å². The van der Waals surface area contributed by atoms with Crippen molar-refractivity contribution in [3.05, 3.63) is 151 Å². The molecule has 228 valence electrons. The number of benzene rings is 6. The molecule has 1 aliphatic rings. The average Bonchev–Trinajstić information content (AvgIpc) is 3.18. The van der Waals surface area contributed by atoms with Gasteiger partial charge in [0, 0.05) is 45.1 Å². The van der Waals surface area contributed by atoms with Crippen LogP contribution in [0.25, 0.3) is 78.0 Å². The van der Waals surface area contributed by atoms with Crippen molar-refractivity contribution in [1.29, 1.82) is 0 Å². The lowest BCUT2D eigenvalue weighted by molar-refractivity contribution is 0.654. The van der Waals surface area contributed by atoms with Gasteiger partial charge in [0.25, 0.3) is 0 Å². The molecule has 2 heterocycles. The van der Waals surface area contributed by atoms with E-state index in [9.17, 15) is 0 Å². The summed E-state index contributed by atoms with van der Waals surface area (Å²) in [5.74, 6) is 3.06. The monoisotopic (exact) mass is 617 g/mol. The summed E-state index contributed by atoms with van der Waals surface area (Å²) in [4.78, 5) is 24.9. The van der Waals surface area contributed by atoms with Crippen molar-refractivity contribution >= 4 is 32.4 Å². The Morgan fingerprint density at radius 2 is 1.02 bits per heavy atom. The molecular weight excluding hydrogens is 587 g/mol. The lowest BCUT2D eigenvalue weighted by Gasteiger charge is -2.17. The first-order valence-electron chi connectivity index (χ1n) is 16.5. The van der Waals surface area contributed by atoms with Gasteiger partial charge in [-0.1, -0.05) is 133 Å². The van der Waals surface area contributed by atoms with E-state index >= 15 is 0 Å². The van der Waals surface area contributed by atoms with Gasteiger partial charge in [-0.05, 0) is 47.1 Å². The summed E-state index contributed by atoms with van der Waals surface area (Å²) < 4.78 is 0. The van der Waals surface area contributed by atoms with Crippen LogP contribution in [0.1, 0.15) is 30.7 Å². The molecular formula is C43H31N5. The lowest BCUT2D eigenvalue weighted by atomic mass is 9.88. The predicted octanol–water partition coefficient (Wildman–Crippen LogP) is 10.6. The molecule has 0 N–H and O–H groups in total. The molecule has 0 saturated heterocycles. The Bertz CT molecular complexity index is 2450. The quantitative estimate of drug-likeness (QED) is 0.142. The fraction of sp³-hybridized carbons (Fsp3) is 0.0930. The van der Waals surface area contributed by atoms with E-state index in [2.05, 4.69) is 109 Å². The molecule has 5 heteroatoms. The van der Waals surface area contributed by atoms with E-state index in [1.54, 1.807) is 0 Å². The van der Waals surface area contributed by atoms with Gasteiger partial charge in [-0.25, -0.2) is 24.9 Å². The molecule has 0 aliphatic heterocycles. The van der Waals surface area contributed by atoms with Crippen molar-refractivity contribution < 1.29 is 0 Å². The number of aromatic nitrogens is 5. The minimum atomic E-state index is 0.426. The summed E-state index contributed by atoms with van der Waals surface area (Å²) in [6, 6.07) is 43.9. The molecule has 6 aromatic carbocycles. The lowest BCUT2D eigenvalue weighted by Crippen LogP contribution is -2.02. The number of allylic oxidation sites excluding steroid dienone is 2. The molecule has 48 heavy (non-hydrogen) atoms. The highest BCUT2D eigenvalue weighted by molar-refractivity contribution is 6.24. The van der Waals surface area contributed by atoms with Gasteiger partial charge in [0.1, 0.15) is 0 Å². The molecule has 0 amide bonds. The highest BCUT2D eigenvalue weighted by atomic mass is 15.0. The second kappa shape index (κ2) is 11.9. The van der Waals surface area contributed by atoms with Gasteiger partial charge in [0.05, 0.1) is 5.52 Å². The Morgan fingerprint density at radius 1 is 0.458 bits per heavy atom. The number of rotatable bonds is 5. The second-order valence-corrected chi connectivity index (χ2v) is 12.4. The normalized spacial score (nSPS) is 14.5. The zero-order valence-electron chi connectivity index (χ0n) is 26.3. The second-order valence-electron chi connectivity index (χ2n) is 12.4.